The number of benzene rings is 2. The van der Waals surface area contributed by atoms with Crippen molar-refractivity contribution < 1.29 is 0 Å². The number of hydrogen-bond acceptors (Lipinski definition) is 4. The maximum Gasteiger partial charge on any atom is 0.258 e. The predicted molar refractivity (Wildman–Crippen MR) is 113 cm³/mol. The topological polar surface area (TPSA) is 63.6 Å². The second kappa shape index (κ2) is 7.17. The summed E-state index contributed by atoms with van der Waals surface area (Å²) >= 11 is 8.47. The third kappa shape index (κ3) is 3.21. The number of H-pyrrole nitrogens is 1. The van der Waals surface area contributed by atoms with Gasteiger partial charge in [-0.1, -0.05) is 39.8 Å². The largest absolute Gasteiger partial charge is 0.319 e. The number of imidazole rings is 1. The van der Waals surface area contributed by atoms with Gasteiger partial charge in [-0.05, 0) is 47.1 Å². The average Bonchev–Trinajstić information content (AvgIpc) is 2.98. The van der Waals surface area contributed by atoms with Crippen molar-refractivity contribution in [1.82, 2.24) is 19.5 Å². The van der Waals surface area contributed by atoms with Crippen molar-refractivity contribution in [2.24, 2.45) is 0 Å². The molecule has 4 rings (SSSR count). The van der Waals surface area contributed by atoms with Crippen LogP contribution >= 0.6 is 43.6 Å². The molecule has 0 amide bonds. The summed E-state index contributed by atoms with van der Waals surface area (Å²) in [5.74, 6) is 1.17. The van der Waals surface area contributed by atoms with Gasteiger partial charge in [0.05, 0.1) is 27.7 Å². The van der Waals surface area contributed by atoms with Gasteiger partial charge in [0.15, 0.2) is 5.16 Å². The molecule has 4 aromatic rings. The quantitative estimate of drug-likeness (QED) is 0.401. The number of para-hydroxylation sites is 2. The minimum atomic E-state index is -0.142. The Kier molecular flexibility index (Phi) is 4.90. The number of nitrogens with one attached hydrogen (secondary N) is 1. The molecule has 0 aliphatic carbocycles. The summed E-state index contributed by atoms with van der Waals surface area (Å²) < 4.78 is 3.80. The Bertz CT molecular complexity index is 1190. The summed E-state index contributed by atoms with van der Waals surface area (Å²) in [5, 5.41) is 1.48. The molecule has 0 aliphatic rings. The van der Waals surface area contributed by atoms with E-state index in [2.05, 4.69) is 59.4 Å². The van der Waals surface area contributed by atoms with Crippen LogP contribution in [-0.2, 0) is 12.3 Å². The molecule has 2 heterocycles. The molecule has 0 spiro atoms. The van der Waals surface area contributed by atoms with Crippen LogP contribution in [0.25, 0.3) is 21.9 Å². The van der Waals surface area contributed by atoms with Crippen molar-refractivity contribution in [1.29, 1.82) is 0 Å². The van der Waals surface area contributed by atoms with Crippen molar-refractivity contribution >= 4 is 65.6 Å². The highest BCUT2D eigenvalue weighted by molar-refractivity contribution is 9.11. The van der Waals surface area contributed by atoms with E-state index >= 15 is 0 Å². The first-order chi connectivity index (χ1) is 12.6. The zero-order chi connectivity index (χ0) is 18.3. The SMILES string of the molecule is CCn1c(SCc2nc3c(Br)cc(Br)cc3c(=O)[nH]2)nc2ccccc21. The lowest BCUT2D eigenvalue weighted by Gasteiger charge is -2.07. The Balaban J connectivity index is 1.69. The first-order valence-electron chi connectivity index (χ1n) is 8.03. The molecule has 5 nitrogen and oxygen atoms in total. The smallest absolute Gasteiger partial charge is 0.258 e. The molecule has 132 valence electrons. The molecule has 1 N–H and O–H groups in total. The number of nitrogens with zero attached hydrogens (tertiary/aromatic N) is 3. The van der Waals surface area contributed by atoms with Gasteiger partial charge >= 0.3 is 0 Å². The van der Waals surface area contributed by atoms with Gasteiger partial charge in [0.1, 0.15) is 5.82 Å². The molecule has 0 atom stereocenters. The van der Waals surface area contributed by atoms with Crippen LogP contribution in [0.15, 0.2) is 55.3 Å². The second-order valence-corrected chi connectivity index (χ2v) is 8.42. The Morgan fingerprint density at radius 2 is 2.00 bits per heavy atom. The zero-order valence-electron chi connectivity index (χ0n) is 13.8. The van der Waals surface area contributed by atoms with E-state index in [9.17, 15) is 4.79 Å². The Morgan fingerprint density at radius 1 is 1.19 bits per heavy atom. The number of fused-ring (bicyclic) bond motifs is 2. The molecule has 0 saturated heterocycles. The van der Waals surface area contributed by atoms with Crippen LogP contribution in [0.1, 0.15) is 12.7 Å². The minimum absolute atomic E-state index is 0.142. The highest BCUT2D eigenvalue weighted by atomic mass is 79.9. The molecule has 0 unspecified atom stereocenters. The van der Waals surface area contributed by atoms with Crippen LogP contribution in [-0.4, -0.2) is 19.5 Å². The van der Waals surface area contributed by atoms with E-state index in [1.807, 2.05) is 24.3 Å². The van der Waals surface area contributed by atoms with Gasteiger partial charge in [-0.25, -0.2) is 9.97 Å². The van der Waals surface area contributed by atoms with Crippen molar-refractivity contribution in [2.45, 2.75) is 24.4 Å². The van der Waals surface area contributed by atoms with E-state index in [-0.39, 0.29) is 5.56 Å². The van der Waals surface area contributed by atoms with Gasteiger partial charge < -0.3 is 9.55 Å². The fraction of sp³-hybridized carbons (Fsp3) is 0.167. The first-order valence-corrected chi connectivity index (χ1v) is 10.6. The number of thioether (sulfide) groups is 1. The van der Waals surface area contributed by atoms with Crippen LogP contribution in [0.4, 0.5) is 0 Å². The highest BCUT2D eigenvalue weighted by Gasteiger charge is 2.12. The average molecular weight is 494 g/mol. The molecule has 0 radical (unpaired) electrons. The number of halogens is 2. The van der Waals surface area contributed by atoms with E-state index in [0.29, 0.717) is 22.5 Å². The van der Waals surface area contributed by atoms with Gasteiger partial charge in [-0.15, -0.1) is 0 Å². The van der Waals surface area contributed by atoms with Crippen molar-refractivity contribution in [3.63, 3.8) is 0 Å². The van der Waals surface area contributed by atoms with Crippen LogP contribution < -0.4 is 5.56 Å². The first kappa shape index (κ1) is 17.8. The molecule has 2 aromatic carbocycles. The fourth-order valence-corrected chi connectivity index (χ4v) is 5.15. The fourth-order valence-electron chi connectivity index (χ4n) is 2.88. The van der Waals surface area contributed by atoms with E-state index in [1.165, 1.54) is 0 Å². The molecular weight excluding hydrogens is 480 g/mol. The molecule has 0 fully saturated rings. The highest BCUT2D eigenvalue weighted by Crippen LogP contribution is 2.28. The minimum Gasteiger partial charge on any atom is -0.319 e. The second-order valence-electron chi connectivity index (χ2n) is 5.71. The summed E-state index contributed by atoms with van der Waals surface area (Å²) in [4.78, 5) is 24.6. The Labute approximate surface area is 170 Å². The lowest BCUT2D eigenvalue weighted by molar-refractivity contribution is 0.702. The number of hydrogen-bond donors (Lipinski definition) is 1. The number of aryl methyl sites for hydroxylation is 1. The van der Waals surface area contributed by atoms with Gasteiger partial charge in [0, 0.05) is 15.5 Å². The Morgan fingerprint density at radius 3 is 2.81 bits per heavy atom. The van der Waals surface area contributed by atoms with Gasteiger partial charge in [-0.3, -0.25) is 4.79 Å². The van der Waals surface area contributed by atoms with Crippen LogP contribution in [0.2, 0.25) is 0 Å². The monoisotopic (exact) mass is 492 g/mol. The summed E-state index contributed by atoms with van der Waals surface area (Å²) in [7, 11) is 0. The summed E-state index contributed by atoms with van der Waals surface area (Å²) in [6.07, 6.45) is 0. The summed E-state index contributed by atoms with van der Waals surface area (Å²) in [6, 6.07) is 11.8. The number of aromatic amines is 1. The number of rotatable bonds is 4. The van der Waals surface area contributed by atoms with E-state index in [4.69, 9.17) is 4.98 Å². The summed E-state index contributed by atoms with van der Waals surface area (Å²) in [6.45, 7) is 2.94. The van der Waals surface area contributed by atoms with Gasteiger partial charge in [-0.2, -0.15) is 0 Å². The molecular formula is C18H14Br2N4OS. The molecule has 0 saturated carbocycles. The van der Waals surface area contributed by atoms with Crippen molar-refractivity contribution in [3.05, 3.63) is 61.5 Å². The van der Waals surface area contributed by atoms with Crippen molar-refractivity contribution in [2.75, 3.05) is 0 Å². The Hall–Kier alpha value is -1.64. The maximum absolute atomic E-state index is 12.4. The molecule has 8 heteroatoms. The molecule has 2 aromatic heterocycles. The van der Waals surface area contributed by atoms with Gasteiger partial charge in [0.25, 0.3) is 5.56 Å². The third-order valence-electron chi connectivity index (χ3n) is 4.05. The predicted octanol–water partition coefficient (Wildman–Crippen LogP) is 5.11. The normalized spacial score (nSPS) is 11.5. The molecule has 0 aliphatic heterocycles. The van der Waals surface area contributed by atoms with Crippen LogP contribution in [0.5, 0.6) is 0 Å². The molecule has 26 heavy (non-hydrogen) atoms. The summed E-state index contributed by atoms with van der Waals surface area (Å²) in [5.41, 5.74) is 2.61. The zero-order valence-corrected chi connectivity index (χ0v) is 17.8. The standard InChI is InChI=1S/C18H14Br2N4OS/c1-2-24-14-6-4-3-5-13(14)21-18(24)26-9-15-22-16-11(17(25)23-15)7-10(19)8-12(16)20/h3-8H,2,9H2,1H3,(H,22,23,25). The van der Waals surface area contributed by atoms with Gasteiger partial charge in [0.2, 0.25) is 0 Å². The third-order valence-corrected chi connectivity index (χ3v) is 6.10. The van der Waals surface area contributed by atoms with E-state index in [1.54, 1.807) is 17.8 Å². The molecule has 0 bridgehead atoms. The van der Waals surface area contributed by atoms with Crippen LogP contribution in [0, 0.1) is 0 Å². The number of aromatic nitrogens is 4. The lowest BCUT2D eigenvalue weighted by atomic mass is 10.2. The van der Waals surface area contributed by atoms with E-state index in [0.717, 1.165) is 31.7 Å². The van der Waals surface area contributed by atoms with Crippen molar-refractivity contribution in [3.8, 4) is 0 Å². The lowest BCUT2D eigenvalue weighted by Crippen LogP contribution is -2.11. The maximum atomic E-state index is 12.4. The van der Waals surface area contributed by atoms with Crippen LogP contribution in [0.3, 0.4) is 0 Å². The van der Waals surface area contributed by atoms with E-state index < -0.39 is 0 Å².